The molecule has 0 radical (unpaired) electrons. The number of carbonyl (C=O) groups excluding carboxylic acids is 4. The van der Waals surface area contributed by atoms with Crippen LogP contribution in [0.3, 0.4) is 0 Å². The Bertz CT molecular complexity index is 1530. The molecule has 262 valence electrons. The number of aromatic nitrogens is 1. The number of nitrogens with one attached hydrogen (secondary N) is 2. The van der Waals surface area contributed by atoms with E-state index in [-0.39, 0.29) is 18.9 Å². The van der Waals surface area contributed by atoms with Crippen LogP contribution in [-0.4, -0.2) is 83.3 Å². The van der Waals surface area contributed by atoms with Gasteiger partial charge in [0.2, 0.25) is 17.7 Å². The third kappa shape index (κ3) is 8.07. The number of pyridine rings is 1. The van der Waals surface area contributed by atoms with Gasteiger partial charge in [0.1, 0.15) is 35.1 Å². The Labute approximate surface area is 286 Å². The molecule has 0 unspecified atom stereocenters. The van der Waals surface area contributed by atoms with Crippen LogP contribution in [0.1, 0.15) is 85.5 Å². The molecule has 3 fully saturated rings. The summed E-state index contributed by atoms with van der Waals surface area (Å²) in [7, 11) is 1.32. The number of fused-ring (bicyclic) bond motifs is 3. The smallest absolute Gasteiger partial charge is 0.408 e. The minimum Gasteiger partial charge on any atom is -0.488 e. The molecule has 1 saturated carbocycles. The first-order valence-corrected chi connectivity index (χ1v) is 17.3. The Kier molecular flexibility index (Phi) is 10.9. The van der Waals surface area contributed by atoms with E-state index in [1.54, 1.807) is 39.0 Å². The summed E-state index contributed by atoms with van der Waals surface area (Å²) in [5.74, 6) is -0.630. The third-order valence-corrected chi connectivity index (χ3v) is 9.50. The van der Waals surface area contributed by atoms with Crippen molar-refractivity contribution >= 4 is 46.4 Å². The van der Waals surface area contributed by atoms with Crippen LogP contribution < -0.4 is 20.1 Å². The number of benzene rings is 1. The lowest BCUT2D eigenvalue weighted by Crippen LogP contribution is -2.56. The largest absolute Gasteiger partial charge is 0.488 e. The van der Waals surface area contributed by atoms with Crippen LogP contribution >= 0.6 is 11.6 Å². The third-order valence-electron chi connectivity index (χ3n) is 9.20. The molecule has 48 heavy (non-hydrogen) atoms. The maximum Gasteiger partial charge on any atom is 0.408 e. The second kappa shape index (κ2) is 14.8. The second-order valence-corrected chi connectivity index (χ2v) is 14.3. The zero-order chi connectivity index (χ0) is 34.6. The summed E-state index contributed by atoms with van der Waals surface area (Å²) in [6, 6.07) is 5.13. The number of para-hydroxylation sites is 1. The first kappa shape index (κ1) is 35.5. The number of alkyl carbamates (subject to hydrolysis) is 1. The Morgan fingerprint density at radius 2 is 1.85 bits per heavy atom. The summed E-state index contributed by atoms with van der Waals surface area (Å²) >= 11 is 6.49. The van der Waals surface area contributed by atoms with E-state index >= 15 is 0 Å². The number of ether oxygens (including phenoxy) is 4. The normalized spacial score (nSPS) is 26.7. The summed E-state index contributed by atoms with van der Waals surface area (Å²) in [5.41, 5.74) is -1.39. The van der Waals surface area contributed by atoms with E-state index in [0.717, 1.165) is 32.1 Å². The first-order chi connectivity index (χ1) is 22.8. The van der Waals surface area contributed by atoms with E-state index < -0.39 is 53.2 Å². The Balaban J connectivity index is 1.47. The van der Waals surface area contributed by atoms with Crippen LogP contribution in [0.15, 0.2) is 24.3 Å². The van der Waals surface area contributed by atoms with Crippen molar-refractivity contribution in [1.82, 2.24) is 20.5 Å². The van der Waals surface area contributed by atoms with Crippen molar-refractivity contribution in [1.29, 1.82) is 0 Å². The molecule has 5 atom stereocenters. The second-order valence-electron chi connectivity index (χ2n) is 13.9. The number of rotatable bonds is 6. The number of methoxy groups -OCH3 is 1. The van der Waals surface area contributed by atoms with Crippen LogP contribution in [-0.2, 0) is 23.9 Å². The molecule has 3 heterocycles. The molecule has 1 aromatic heterocycles. The van der Waals surface area contributed by atoms with Crippen molar-refractivity contribution in [2.45, 2.75) is 115 Å². The molecule has 2 saturated heterocycles. The maximum atomic E-state index is 14.3. The molecule has 13 heteroatoms. The van der Waals surface area contributed by atoms with Crippen LogP contribution in [0, 0.1) is 5.92 Å². The van der Waals surface area contributed by atoms with Gasteiger partial charge >= 0.3 is 12.1 Å². The van der Waals surface area contributed by atoms with Crippen LogP contribution in [0.25, 0.3) is 10.9 Å². The fourth-order valence-corrected chi connectivity index (χ4v) is 7.05. The van der Waals surface area contributed by atoms with Crippen LogP contribution in [0.4, 0.5) is 4.79 Å². The van der Waals surface area contributed by atoms with E-state index in [1.807, 2.05) is 13.0 Å². The Morgan fingerprint density at radius 1 is 1.12 bits per heavy atom. The van der Waals surface area contributed by atoms with Gasteiger partial charge in [-0.2, -0.15) is 0 Å². The zero-order valence-electron chi connectivity index (χ0n) is 28.4. The monoisotopic (exact) mass is 686 g/mol. The van der Waals surface area contributed by atoms with Gasteiger partial charge in [0.05, 0.1) is 30.8 Å². The molecule has 1 aromatic carbocycles. The summed E-state index contributed by atoms with van der Waals surface area (Å²) in [6.45, 7) is 7.55. The number of carbonyl (C=O) groups is 4. The molecule has 12 nitrogen and oxygen atoms in total. The molecule has 3 aliphatic rings. The van der Waals surface area contributed by atoms with Gasteiger partial charge in [-0.05, 0) is 65.0 Å². The van der Waals surface area contributed by atoms with Gasteiger partial charge in [-0.1, -0.05) is 49.8 Å². The quantitative estimate of drug-likeness (QED) is 0.386. The predicted molar refractivity (Wildman–Crippen MR) is 179 cm³/mol. The predicted octanol–water partition coefficient (Wildman–Crippen LogP) is 5.32. The molecule has 0 spiro atoms. The van der Waals surface area contributed by atoms with E-state index in [4.69, 9.17) is 30.5 Å². The number of esters is 1. The average Bonchev–Trinajstić information content (AvgIpc) is 3.55. The van der Waals surface area contributed by atoms with Gasteiger partial charge in [0.15, 0.2) is 0 Å². The van der Waals surface area contributed by atoms with Gasteiger partial charge in [-0.25, -0.2) is 14.6 Å². The highest BCUT2D eigenvalue weighted by Gasteiger charge is 2.62. The summed E-state index contributed by atoms with van der Waals surface area (Å²) in [6.07, 6.45) is 4.89. The van der Waals surface area contributed by atoms with Gasteiger partial charge in [-0.3, -0.25) is 9.59 Å². The van der Waals surface area contributed by atoms with Crippen molar-refractivity contribution in [2.24, 2.45) is 5.92 Å². The molecule has 5 rings (SSSR count). The van der Waals surface area contributed by atoms with Crippen LogP contribution in [0.5, 0.6) is 11.6 Å². The lowest BCUT2D eigenvalue weighted by atomic mass is 10.0. The Morgan fingerprint density at radius 3 is 2.56 bits per heavy atom. The lowest BCUT2D eigenvalue weighted by Gasteiger charge is -2.30. The molecule has 1 aliphatic carbocycles. The lowest BCUT2D eigenvalue weighted by molar-refractivity contribution is -0.148. The molecular formula is C35H47ClN4O8. The maximum absolute atomic E-state index is 14.3. The van der Waals surface area contributed by atoms with E-state index in [1.165, 1.54) is 12.0 Å². The number of amides is 3. The number of hydrogen-bond donors (Lipinski definition) is 2. The standard InChI is InChI=1S/C35H47ClN4O8/c1-6-46-28-18-27(23-14-12-15-24(36)29(23)38-28)47-22-17-26-30(41)39-35(32(43)45-5)19-21(35)13-10-8-7-9-11-16-25(31(42)40(26)20-22)37-33(44)48-34(2,3)4/h12,14-15,18,21-22,25-26H,6-11,13,16-17,19-20H2,1-5H3,(H,37,44)(H,39,41)/t21-,22+,25-,26-,35+/m0/s1. The fourth-order valence-electron chi connectivity index (χ4n) is 6.83. The van der Waals surface area contributed by atoms with E-state index in [9.17, 15) is 19.2 Å². The van der Waals surface area contributed by atoms with Crippen molar-refractivity contribution in [3.63, 3.8) is 0 Å². The number of nitrogens with zero attached hydrogens (tertiary/aromatic N) is 2. The highest BCUT2D eigenvalue weighted by molar-refractivity contribution is 6.35. The highest BCUT2D eigenvalue weighted by atomic mass is 35.5. The van der Waals surface area contributed by atoms with Gasteiger partial charge in [0.25, 0.3) is 0 Å². The summed E-state index contributed by atoms with van der Waals surface area (Å²) in [5, 5.41) is 6.85. The first-order valence-electron chi connectivity index (χ1n) is 16.9. The average molecular weight is 687 g/mol. The van der Waals surface area contributed by atoms with E-state index in [2.05, 4.69) is 15.6 Å². The number of hydrogen-bond acceptors (Lipinski definition) is 9. The van der Waals surface area contributed by atoms with Crippen molar-refractivity contribution in [2.75, 3.05) is 20.3 Å². The zero-order valence-corrected chi connectivity index (χ0v) is 29.2. The molecular weight excluding hydrogens is 640 g/mol. The Hall–Kier alpha value is -3.80. The van der Waals surface area contributed by atoms with E-state index in [0.29, 0.717) is 53.4 Å². The topological polar surface area (TPSA) is 145 Å². The van der Waals surface area contributed by atoms with Gasteiger partial charge in [0, 0.05) is 17.9 Å². The SMILES string of the molecule is CCOc1cc(O[C@@H]2C[C@H]3C(=O)N[C@]4(C(=O)OC)C[C@@H]4CCCCCCC[C@H](NC(=O)OC(C)(C)C)C(=O)N3C2)c2cccc(Cl)c2n1. The van der Waals surface area contributed by atoms with Crippen molar-refractivity contribution < 1.29 is 38.1 Å². The summed E-state index contributed by atoms with van der Waals surface area (Å²) in [4.78, 5) is 60.4. The van der Waals surface area contributed by atoms with Crippen LogP contribution in [0.2, 0.25) is 5.02 Å². The van der Waals surface area contributed by atoms with Crippen molar-refractivity contribution in [3.8, 4) is 11.6 Å². The molecule has 2 N–H and O–H groups in total. The molecule has 0 bridgehead atoms. The highest BCUT2D eigenvalue weighted by Crippen LogP contribution is 2.48. The molecule has 2 aliphatic heterocycles. The van der Waals surface area contributed by atoms with Gasteiger partial charge < -0.3 is 34.5 Å². The number of halogens is 1. The molecule has 2 aromatic rings. The van der Waals surface area contributed by atoms with Crippen molar-refractivity contribution in [3.05, 3.63) is 29.3 Å². The summed E-state index contributed by atoms with van der Waals surface area (Å²) < 4.78 is 22.8. The van der Waals surface area contributed by atoms with Gasteiger partial charge in [-0.15, -0.1) is 0 Å². The minimum absolute atomic E-state index is 0.0388. The minimum atomic E-state index is -1.13. The molecule has 3 amide bonds. The fraction of sp³-hybridized carbons (Fsp3) is 0.629.